The van der Waals surface area contributed by atoms with Gasteiger partial charge in [0.15, 0.2) is 0 Å². The molecule has 1 aromatic rings. The number of halogens is 2. The van der Waals surface area contributed by atoms with Crippen molar-refractivity contribution in [3.63, 3.8) is 0 Å². The Morgan fingerprint density at radius 2 is 1.60 bits per heavy atom. The quantitative estimate of drug-likeness (QED) is 0.452. The summed E-state index contributed by atoms with van der Waals surface area (Å²) < 4.78 is 10.0. The highest BCUT2D eigenvalue weighted by atomic mass is 35.5. The van der Waals surface area contributed by atoms with E-state index in [0.29, 0.717) is 15.6 Å². The molecule has 4 nitrogen and oxygen atoms in total. The molecule has 0 spiro atoms. The van der Waals surface area contributed by atoms with Crippen LogP contribution in [0.5, 0.6) is 0 Å². The van der Waals surface area contributed by atoms with Gasteiger partial charge in [0, 0.05) is 23.9 Å². The van der Waals surface area contributed by atoms with Crippen molar-refractivity contribution in [2.75, 3.05) is 0 Å². The molecule has 2 rings (SSSR count). The normalized spacial score (nSPS) is 17.6. The fourth-order valence-corrected chi connectivity index (χ4v) is 2.16. The molecule has 0 bridgehead atoms. The molecule has 0 radical (unpaired) electrons. The van der Waals surface area contributed by atoms with Gasteiger partial charge in [0.2, 0.25) is 0 Å². The number of carbonyl (C=O) groups is 2. The van der Waals surface area contributed by atoms with E-state index in [1.807, 2.05) is 0 Å². The Morgan fingerprint density at radius 1 is 1.05 bits per heavy atom. The zero-order valence-electron chi connectivity index (χ0n) is 11.1. The molecule has 1 aromatic carbocycles. The smallest absolute Gasteiger partial charge is 0.348 e. The van der Waals surface area contributed by atoms with E-state index in [0.717, 1.165) is 5.56 Å². The average molecular weight is 315 g/mol. The summed E-state index contributed by atoms with van der Waals surface area (Å²) in [4.78, 5) is 23.7. The van der Waals surface area contributed by atoms with Crippen molar-refractivity contribution in [2.24, 2.45) is 0 Å². The third-order valence-corrected chi connectivity index (χ3v) is 3.43. The Morgan fingerprint density at radius 3 is 2.15 bits per heavy atom. The van der Waals surface area contributed by atoms with Gasteiger partial charge < -0.3 is 9.47 Å². The van der Waals surface area contributed by atoms with E-state index in [2.05, 4.69) is 0 Å². The van der Waals surface area contributed by atoms with E-state index in [4.69, 9.17) is 32.7 Å². The highest BCUT2D eigenvalue weighted by molar-refractivity contribution is 6.36. The standard InChI is InChI=1S/C14H12Cl2O4/c1-7-4-8(11(16)6-10(7)15)5-9-12(17)19-14(2,3)20-13(9)18/h4-6H,1-3H3. The Labute approximate surface area is 126 Å². The van der Waals surface area contributed by atoms with E-state index in [-0.39, 0.29) is 5.57 Å². The zero-order chi connectivity index (χ0) is 15.1. The molecular weight excluding hydrogens is 303 g/mol. The summed E-state index contributed by atoms with van der Waals surface area (Å²) in [6.45, 7) is 4.76. The molecule has 1 saturated heterocycles. The summed E-state index contributed by atoms with van der Waals surface area (Å²) in [5.41, 5.74) is 1.07. The van der Waals surface area contributed by atoms with E-state index in [1.165, 1.54) is 19.9 Å². The molecule has 0 aliphatic carbocycles. The molecule has 1 fully saturated rings. The van der Waals surface area contributed by atoms with Gasteiger partial charge in [-0.15, -0.1) is 0 Å². The number of ether oxygens (including phenoxy) is 2. The van der Waals surface area contributed by atoms with Crippen LogP contribution in [0.15, 0.2) is 17.7 Å². The molecule has 1 aliphatic rings. The molecule has 0 atom stereocenters. The van der Waals surface area contributed by atoms with E-state index < -0.39 is 17.7 Å². The second kappa shape index (κ2) is 5.11. The molecule has 0 N–H and O–H groups in total. The fourth-order valence-electron chi connectivity index (χ4n) is 1.72. The van der Waals surface area contributed by atoms with Gasteiger partial charge in [-0.25, -0.2) is 9.59 Å². The van der Waals surface area contributed by atoms with Gasteiger partial charge in [-0.1, -0.05) is 23.2 Å². The van der Waals surface area contributed by atoms with Crippen molar-refractivity contribution < 1.29 is 19.1 Å². The monoisotopic (exact) mass is 314 g/mol. The van der Waals surface area contributed by atoms with Crippen molar-refractivity contribution in [1.82, 2.24) is 0 Å². The van der Waals surface area contributed by atoms with Gasteiger partial charge in [-0.3, -0.25) is 0 Å². The van der Waals surface area contributed by atoms with Crippen LogP contribution in [0.2, 0.25) is 10.0 Å². The van der Waals surface area contributed by atoms with Gasteiger partial charge in [-0.2, -0.15) is 0 Å². The SMILES string of the molecule is Cc1cc(C=C2C(=O)OC(C)(C)OC2=O)c(Cl)cc1Cl. The maximum absolute atomic E-state index is 11.8. The maximum atomic E-state index is 11.8. The van der Waals surface area contributed by atoms with Gasteiger partial charge in [0.25, 0.3) is 5.79 Å². The van der Waals surface area contributed by atoms with E-state index >= 15 is 0 Å². The minimum atomic E-state index is -1.26. The Hall–Kier alpha value is -1.52. The van der Waals surface area contributed by atoms with Gasteiger partial charge in [0.05, 0.1) is 0 Å². The molecule has 0 saturated carbocycles. The highest BCUT2D eigenvalue weighted by Gasteiger charge is 2.38. The Kier molecular flexibility index (Phi) is 3.80. The molecular formula is C14H12Cl2O4. The number of hydrogen-bond donors (Lipinski definition) is 0. The predicted molar refractivity (Wildman–Crippen MR) is 75.4 cm³/mol. The highest BCUT2D eigenvalue weighted by Crippen LogP contribution is 2.29. The van der Waals surface area contributed by atoms with Crippen molar-refractivity contribution >= 4 is 41.2 Å². The summed E-state index contributed by atoms with van der Waals surface area (Å²) in [6, 6.07) is 3.23. The number of cyclic esters (lactones) is 2. The predicted octanol–water partition coefficient (Wildman–Crippen LogP) is 3.52. The summed E-state index contributed by atoms with van der Waals surface area (Å²) >= 11 is 12.0. The van der Waals surface area contributed by atoms with Crippen molar-refractivity contribution in [2.45, 2.75) is 26.6 Å². The second-order valence-corrected chi connectivity index (χ2v) is 5.67. The molecule has 0 aromatic heterocycles. The van der Waals surface area contributed by atoms with E-state index in [9.17, 15) is 9.59 Å². The third kappa shape index (κ3) is 2.97. The minimum Gasteiger partial charge on any atom is -0.419 e. The number of benzene rings is 1. The number of rotatable bonds is 1. The molecule has 0 unspecified atom stereocenters. The van der Waals surface area contributed by atoms with Crippen LogP contribution in [0.25, 0.3) is 6.08 Å². The van der Waals surface area contributed by atoms with Crippen LogP contribution in [0.4, 0.5) is 0 Å². The van der Waals surface area contributed by atoms with Crippen LogP contribution >= 0.6 is 23.2 Å². The minimum absolute atomic E-state index is 0.201. The van der Waals surface area contributed by atoms with Crippen molar-refractivity contribution in [1.29, 1.82) is 0 Å². The summed E-state index contributed by atoms with van der Waals surface area (Å²) in [7, 11) is 0. The van der Waals surface area contributed by atoms with Gasteiger partial charge in [-0.05, 0) is 36.3 Å². The molecule has 0 amide bonds. The lowest BCUT2D eigenvalue weighted by atomic mass is 10.1. The first-order chi connectivity index (χ1) is 9.19. The summed E-state index contributed by atoms with van der Waals surface area (Å²) in [5, 5.41) is 0.839. The van der Waals surface area contributed by atoms with Gasteiger partial charge >= 0.3 is 11.9 Å². The lowest BCUT2D eigenvalue weighted by Crippen LogP contribution is -2.41. The molecule has 106 valence electrons. The number of carbonyl (C=O) groups excluding carboxylic acids is 2. The summed E-state index contributed by atoms with van der Waals surface area (Å²) in [6.07, 6.45) is 1.34. The number of hydrogen-bond acceptors (Lipinski definition) is 4. The van der Waals surface area contributed by atoms with Crippen molar-refractivity contribution in [3.05, 3.63) is 38.9 Å². The first-order valence-electron chi connectivity index (χ1n) is 5.83. The van der Waals surface area contributed by atoms with Crippen LogP contribution in [0.3, 0.4) is 0 Å². The largest absolute Gasteiger partial charge is 0.419 e. The fraction of sp³-hybridized carbons (Fsp3) is 0.286. The van der Waals surface area contributed by atoms with Crippen LogP contribution in [0, 0.1) is 6.92 Å². The van der Waals surface area contributed by atoms with E-state index in [1.54, 1.807) is 19.1 Å². The van der Waals surface area contributed by atoms with Crippen molar-refractivity contribution in [3.8, 4) is 0 Å². The third-order valence-electron chi connectivity index (χ3n) is 2.69. The Balaban J connectivity index is 2.43. The zero-order valence-corrected chi connectivity index (χ0v) is 12.6. The average Bonchev–Trinajstić information content (AvgIpc) is 2.28. The second-order valence-electron chi connectivity index (χ2n) is 4.86. The van der Waals surface area contributed by atoms with Crippen LogP contribution in [0.1, 0.15) is 25.0 Å². The van der Waals surface area contributed by atoms with Crippen LogP contribution in [-0.4, -0.2) is 17.7 Å². The number of aryl methyl sites for hydroxylation is 1. The topological polar surface area (TPSA) is 52.6 Å². The first-order valence-corrected chi connectivity index (χ1v) is 6.59. The molecule has 1 aliphatic heterocycles. The molecule has 20 heavy (non-hydrogen) atoms. The van der Waals surface area contributed by atoms with Crippen LogP contribution in [-0.2, 0) is 19.1 Å². The maximum Gasteiger partial charge on any atom is 0.348 e. The lowest BCUT2D eigenvalue weighted by molar-refractivity contribution is -0.222. The lowest BCUT2D eigenvalue weighted by Gasteiger charge is -2.29. The number of esters is 2. The Bertz CT molecular complexity index is 610. The molecule has 6 heteroatoms. The van der Waals surface area contributed by atoms with Crippen LogP contribution < -0.4 is 0 Å². The van der Waals surface area contributed by atoms with Gasteiger partial charge in [0.1, 0.15) is 5.57 Å². The summed E-state index contributed by atoms with van der Waals surface area (Å²) in [5.74, 6) is -2.74. The molecule has 1 heterocycles. The first kappa shape index (κ1) is 14.9.